The van der Waals surface area contributed by atoms with E-state index in [0.29, 0.717) is 19.8 Å². The highest BCUT2D eigenvalue weighted by Crippen LogP contribution is 2.02. The van der Waals surface area contributed by atoms with Crippen LogP contribution in [-0.4, -0.2) is 36.7 Å². The third-order valence-corrected chi connectivity index (χ3v) is 2.10. The van der Waals surface area contributed by atoms with E-state index in [2.05, 4.69) is 11.9 Å². The molecular weight excluding hydrogens is 222 g/mol. The van der Waals surface area contributed by atoms with Gasteiger partial charge < -0.3 is 15.2 Å². The summed E-state index contributed by atoms with van der Waals surface area (Å²) in [6.07, 6.45) is 0. The molecule has 0 aromatic rings. The van der Waals surface area contributed by atoms with E-state index in [1.54, 1.807) is 0 Å². The molecular formula is C12H19NO4. The number of aliphatic carboxylic acids is 1. The maximum Gasteiger partial charge on any atom is 0.331 e. The summed E-state index contributed by atoms with van der Waals surface area (Å²) in [4.78, 5) is 22.1. The summed E-state index contributed by atoms with van der Waals surface area (Å²) in [7, 11) is 0. The molecule has 0 aliphatic rings. The van der Waals surface area contributed by atoms with Crippen LogP contribution in [0.2, 0.25) is 0 Å². The van der Waals surface area contributed by atoms with Crippen LogP contribution in [0.4, 0.5) is 0 Å². The summed E-state index contributed by atoms with van der Waals surface area (Å²) < 4.78 is 5.19. The number of carboxylic acid groups (broad SMARTS) is 1. The van der Waals surface area contributed by atoms with E-state index in [1.807, 2.05) is 6.92 Å². The van der Waals surface area contributed by atoms with Crippen LogP contribution in [-0.2, 0) is 14.3 Å². The zero-order chi connectivity index (χ0) is 13.4. The van der Waals surface area contributed by atoms with Crippen LogP contribution in [0.15, 0.2) is 23.3 Å². The number of carboxylic acids is 1. The van der Waals surface area contributed by atoms with Gasteiger partial charge in [-0.1, -0.05) is 12.2 Å². The third kappa shape index (κ3) is 6.52. The first-order chi connectivity index (χ1) is 7.86. The number of carbonyl (C=O) groups is 2. The van der Waals surface area contributed by atoms with Crippen molar-refractivity contribution in [2.75, 3.05) is 19.8 Å². The molecule has 0 bridgehead atoms. The van der Waals surface area contributed by atoms with Crippen molar-refractivity contribution >= 4 is 11.9 Å². The van der Waals surface area contributed by atoms with Crippen LogP contribution in [0.25, 0.3) is 0 Å². The normalized spacial score (nSPS) is 11.7. The van der Waals surface area contributed by atoms with E-state index in [9.17, 15) is 9.59 Å². The molecule has 17 heavy (non-hydrogen) atoms. The molecule has 5 heteroatoms. The number of carbonyl (C=O) groups excluding carboxylic acids is 1. The summed E-state index contributed by atoms with van der Waals surface area (Å²) in [6, 6.07) is 0. The lowest BCUT2D eigenvalue weighted by Gasteiger charge is -2.07. The smallest absolute Gasteiger partial charge is 0.331 e. The van der Waals surface area contributed by atoms with Gasteiger partial charge in [0.25, 0.3) is 0 Å². The largest absolute Gasteiger partial charge is 0.478 e. The summed E-state index contributed by atoms with van der Waals surface area (Å²) in [6.45, 7) is 9.57. The Labute approximate surface area is 101 Å². The number of ether oxygens (including phenoxy) is 1. The van der Waals surface area contributed by atoms with E-state index in [0.717, 1.165) is 5.57 Å². The summed E-state index contributed by atoms with van der Waals surface area (Å²) in [5.74, 6) is -1.47. The van der Waals surface area contributed by atoms with Gasteiger partial charge in [-0.3, -0.25) is 4.79 Å². The zero-order valence-corrected chi connectivity index (χ0v) is 10.5. The van der Waals surface area contributed by atoms with Gasteiger partial charge in [0.05, 0.1) is 13.2 Å². The molecule has 0 aliphatic heterocycles. The van der Waals surface area contributed by atoms with Crippen molar-refractivity contribution in [2.24, 2.45) is 0 Å². The lowest BCUT2D eigenvalue weighted by Crippen LogP contribution is -2.29. The van der Waals surface area contributed by atoms with Crippen LogP contribution in [0.5, 0.6) is 0 Å². The predicted molar refractivity (Wildman–Crippen MR) is 64.7 cm³/mol. The molecule has 0 aliphatic carbocycles. The van der Waals surface area contributed by atoms with Gasteiger partial charge in [-0.15, -0.1) is 0 Å². The quantitative estimate of drug-likeness (QED) is 0.398. The fourth-order valence-corrected chi connectivity index (χ4v) is 0.946. The molecule has 0 spiro atoms. The Morgan fingerprint density at radius 2 is 1.82 bits per heavy atom. The maximum absolute atomic E-state index is 11.5. The fraction of sp³-hybridized carbons (Fsp3) is 0.500. The number of hydrogen-bond acceptors (Lipinski definition) is 3. The highest BCUT2D eigenvalue weighted by Gasteiger charge is 2.11. The van der Waals surface area contributed by atoms with Crippen molar-refractivity contribution in [2.45, 2.75) is 20.8 Å². The van der Waals surface area contributed by atoms with Crippen molar-refractivity contribution in [1.29, 1.82) is 0 Å². The first kappa shape index (κ1) is 15.4. The van der Waals surface area contributed by atoms with E-state index in [-0.39, 0.29) is 17.1 Å². The molecule has 0 rings (SSSR count). The molecule has 0 unspecified atom stereocenters. The van der Waals surface area contributed by atoms with Crippen LogP contribution in [0, 0.1) is 0 Å². The van der Waals surface area contributed by atoms with Gasteiger partial charge in [0.15, 0.2) is 0 Å². The molecule has 1 amide bonds. The number of hydrogen-bond donors (Lipinski definition) is 2. The predicted octanol–water partition coefficient (Wildman–Crippen LogP) is 1.12. The van der Waals surface area contributed by atoms with Gasteiger partial charge in [0.1, 0.15) is 0 Å². The molecule has 96 valence electrons. The Hall–Kier alpha value is -1.62. The maximum atomic E-state index is 11.5. The van der Waals surface area contributed by atoms with Crippen molar-refractivity contribution in [3.05, 3.63) is 23.3 Å². The minimum absolute atomic E-state index is 0.0466. The average molecular weight is 241 g/mol. The van der Waals surface area contributed by atoms with Gasteiger partial charge in [0, 0.05) is 17.7 Å². The molecule has 0 aromatic heterocycles. The summed E-state index contributed by atoms with van der Waals surface area (Å²) in [5.41, 5.74) is 1.16. The van der Waals surface area contributed by atoms with E-state index in [1.165, 1.54) is 13.8 Å². The second-order valence-corrected chi connectivity index (χ2v) is 3.82. The first-order valence-corrected chi connectivity index (χ1v) is 5.27. The lowest BCUT2D eigenvalue weighted by atomic mass is 10.1. The van der Waals surface area contributed by atoms with Crippen molar-refractivity contribution in [3.8, 4) is 0 Å². The van der Waals surface area contributed by atoms with Crippen LogP contribution in [0.3, 0.4) is 0 Å². The van der Waals surface area contributed by atoms with Crippen molar-refractivity contribution in [1.82, 2.24) is 5.32 Å². The topological polar surface area (TPSA) is 75.6 Å². The highest BCUT2D eigenvalue weighted by molar-refractivity contribution is 6.01. The monoisotopic (exact) mass is 241 g/mol. The molecule has 0 saturated heterocycles. The van der Waals surface area contributed by atoms with Crippen LogP contribution in [0.1, 0.15) is 20.8 Å². The first-order valence-electron chi connectivity index (χ1n) is 5.27. The second kappa shape index (κ2) is 7.62. The Kier molecular flexibility index (Phi) is 6.89. The van der Waals surface area contributed by atoms with Crippen LogP contribution >= 0.6 is 0 Å². The fourth-order valence-electron chi connectivity index (χ4n) is 0.946. The Morgan fingerprint density at radius 3 is 2.29 bits per heavy atom. The minimum atomic E-state index is -1.09. The van der Waals surface area contributed by atoms with Crippen molar-refractivity contribution in [3.63, 3.8) is 0 Å². The Bertz CT molecular complexity index is 344. The highest BCUT2D eigenvalue weighted by atomic mass is 16.5. The molecule has 0 atom stereocenters. The zero-order valence-electron chi connectivity index (χ0n) is 10.5. The molecule has 5 nitrogen and oxygen atoms in total. The van der Waals surface area contributed by atoms with E-state index >= 15 is 0 Å². The summed E-state index contributed by atoms with van der Waals surface area (Å²) >= 11 is 0. The minimum Gasteiger partial charge on any atom is -0.478 e. The van der Waals surface area contributed by atoms with E-state index < -0.39 is 5.97 Å². The average Bonchev–Trinajstić information content (AvgIpc) is 2.25. The van der Waals surface area contributed by atoms with E-state index in [4.69, 9.17) is 9.84 Å². The second-order valence-electron chi connectivity index (χ2n) is 3.82. The Morgan fingerprint density at radius 1 is 1.24 bits per heavy atom. The summed E-state index contributed by atoms with van der Waals surface area (Å²) in [5, 5.41) is 11.3. The molecule has 0 fully saturated rings. The van der Waals surface area contributed by atoms with Gasteiger partial charge in [0.2, 0.25) is 5.91 Å². The molecule has 2 N–H and O–H groups in total. The lowest BCUT2D eigenvalue weighted by molar-refractivity contribution is -0.133. The molecule has 0 saturated carbocycles. The van der Waals surface area contributed by atoms with Crippen molar-refractivity contribution < 1.29 is 19.4 Å². The molecule has 0 radical (unpaired) electrons. The number of nitrogens with one attached hydrogen (secondary N) is 1. The Balaban J connectivity index is 3.99. The van der Waals surface area contributed by atoms with Gasteiger partial charge in [-0.05, 0) is 20.8 Å². The third-order valence-electron chi connectivity index (χ3n) is 2.10. The molecule has 0 heterocycles. The van der Waals surface area contributed by atoms with Gasteiger partial charge >= 0.3 is 5.97 Å². The number of rotatable bonds is 7. The van der Waals surface area contributed by atoms with Gasteiger partial charge in [-0.25, -0.2) is 4.79 Å². The SMILES string of the molecule is C=C(C)COCCNC(=O)C(C)=C(C)C(=O)O. The molecule has 0 aromatic carbocycles. The standard InChI is InChI=1S/C12H19NO4/c1-8(2)7-17-6-5-13-11(14)9(3)10(4)12(15)16/h1,5-7H2,2-4H3,(H,13,14)(H,15,16). The van der Waals surface area contributed by atoms with Crippen LogP contribution < -0.4 is 5.32 Å². The number of amides is 1. The van der Waals surface area contributed by atoms with Gasteiger partial charge in [-0.2, -0.15) is 0 Å².